The van der Waals surface area contributed by atoms with Crippen molar-refractivity contribution >= 4 is 27.7 Å². The molecular formula is C28H19F4N2O2. The number of fused-ring (bicyclic) bond motifs is 3. The van der Waals surface area contributed by atoms with E-state index in [0.717, 1.165) is 23.3 Å². The molecule has 0 saturated carbocycles. The van der Waals surface area contributed by atoms with Gasteiger partial charge in [0.2, 0.25) is 5.91 Å². The number of hydrogen-bond acceptors (Lipinski definition) is 2. The molecule has 0 atom stereocenters. The van der Waals surface area contributed by atoms with Gasteiger partial charge in [-0.05, 0) is 71.3 Å². The summed E-state index contributed by atoms with van der Waals surface area (Å²) in [6.45, 7) is -0.211. The number of rotatable bonds is 5. The largest absolute Gasteiger partial charge is 0.497 e. The number of ether oxygens (including phenoxy) is 1. The summed E-state index contributed by atoms with van der Waals surface area (Å²) in [6.07, 6.45) is -4.74. The van der Waals surface area contributed by atoms with Crippen LogP contribution in [0.15, 0.2) is 72.8 Å². The molecule has 1 amide bonds. The Kier molecular flexibility index (Phi) is 5.67. The highest BCUT2D eigenvalue weighted by molar-refractivity contribution is 6.18. The Hall–Kier alpha value is -4.33. The zero-order valence-electron chi connectivity index (χ0n) is 19.0. The quantitative estimate of drug-likeness (QED) is 0.283. The van der Waals surface area contributed by atoms with Gasteiger partial charge >= 0.3 is 6.18 Å². The van der Waals surface area contributed by atoms with Crippen LogP contribution in [0.4, 0.5) is 17.6 Å². The standard InChI is InChI=1S/C28H19F4N2O2/c1-36-20-10-6-16(7-11-20)17-8-12-21-25(13-17)34(24-4-2-3-22(26(21)24)27(33)35)15-18-5-9-19(29)14-23(18)28(30,31)32/h2-11,13-14H,15H2,1H3,(H2,33,35). The molecule has 1 heterocycles. The van der Waals surface area contributed by atoms with Gasteiger partial charge in [-0.15, -0.1) is 0 Å². The molecule has 0 saturated heterocycles. The molecule has 0 bridgehead atoms. The number of hydrogen-bond donors (Lipinski definition) is 1. The lowest BCUT2D eigenvalue weighted by Gasteiger charge is -2.15. The third kappa shape index (κ3) is 4.04. The van der Waals surface area contributed by atoms with Crippen molar-refractivity contribution in [1.82, 2.24) is 4.57 Å². The van der Waals surface area contributed by atoms with Crippen molar-refractivity contribution in [2.24, 2.45) is 5.73 Å². The van der Waals surface area contributed by atoms with Crippen molar-refractivity contribution in [3.05, 3.63) is 101 Å². The van der Waals surface area contributed by atoms with Gasteiger partial charge in [0.05, 0.1) is 23.7 Å². The van der Waals surface area contributed by atoms with E-state index < -0.39 is 23.5 Å². The van der Waals surface area contributed by atoms with Crippen molar-refractivity contribution in [1.29, 1.82) is 0 Å². The SMILES string of the molecule is COc1ccc(-c2c[c]c3c4c(C(N)=O)cccc4n(Cc4ccc(F)cc4C(F)(F)F)c3c2)cc1. The molecule has 36 heavy (non-hydrogen) atoms. The normalized spacial score (nSPS) is 11.8. The number of nitrogens with two attached hydrogens (primary N) is 1. The van der Waals surface area contributed by atoms with E-state index in [0.29, 0.717) is 33.6 Å². The first-order valence-electron chi connectivity index (χ1n) is 10.9. The van der Waals surface area contributed by atoms with Crippen LogP contribution < -0.4 is 10.5 Å². The van der Waals surface area contributed by atoms with Gasteiger partial charge in [-0.3, -0.25) is 4.79 Å². The van der Waals surface area contributed by atoms with Crippen LogP contribution in [0.2, 0.25) is 0 Å². The smallest absolute Gasteiger partial charge is 0.416 e. The minimum atomic E-state index is -4.74. The highest BCUT2D eigenvalue weighted by atomic mass is 19.4. The first-order chi connectivity index (χ1) is 17.2. The molecule has 181 valence electrons. The Balaban J connectivity index is 1.78. The van der Waals surface area contributed by atoms with E-state index >= 15 is 0 Å². The molecule has 5 rings (SSSR count). The lowest BCUT2D eigenvalue weighted by Crippen LogP contribution is -2.13. The Morgan fingerprint density at radius 1 is 1.00 bits per heavy atom. The van der Waals surface area contributed by atoms with Crippen LogP contribution >= 0.6 is 0 Å². The molecule has 0 aliphatic heterocycles. The molecule has 0 unspecified atom stereocenters. The van der Waals surface area contributed by atoms with Gasteiger partial charge < -0.3 is 15.0 Å². The Morgan fingerprint density at radius 2 is 1.75 bits per heavy atom. The molecule has 4 aromatic carbocycles. The summed E-state index contributed by atoms with van der Waals surface area (Å²) in [5, 5.41) is 1.05. The zero-order valence-corrected chi connectivity index (χ0v) is 19.0. The van der Waals surface area contributed by atoms with Crippen molar-refractivity contribution in [2.75, 3.05) is 7.11 Å². The number of halogens is 4. The number of benzene rings is 4. The van der Waals surface area contributed by atoms with Gasteiger partial charge in [0.1, 0.15) is 11.6 Å². The minimum Gasteiger partial charge on any atom is -0.497 e. The Labute approximate surface area is 203 Å². The molecule has 0 fully saturated rings. The lowest BCUT2D eigenvalue weighted by atomic mass is 10.0. The summed E-state index contributed by atoms with van der Waals surface area (Å²) < 4.78 is 61.9. The van der Waals surface area contributed by atoms with Crippen LogP contribution in [0.25, 0.3) is 32.9 Å². The molecule has 4 nitrogen and oxygen atoms in total. The summed E-state index contributed by atoms with van der Waals surface area (Å²) in [4.78, 5) is 12.2. The van der Waals surface area contributed by atoms with Gasteiger partial charge in [-0.1, -0.05) is 24.3 Å². The fraction of sp³-hybridized carbons (Fsp3) is 0.107. The predicted molar refractivity (Wildman–Crippen MR) is 129 cm³/mol. The van der Waals surface area contributed by atoms with E-state index in [4.69, 9.17) is 10.5 Å². The fourth-order valence-electron chi connectivity index (χ4n) is 4.50. The van der Waals surface area contributed by atoms with Gasteiger partial charge in [0.25, 0.3) is 0 Å². The predicted octanol–water partition coefficient (Wildman–Crippen LogP) is 6.58. The molecule has 0 aliphatic carbocycles. The van der Waals surface area contributed by atoms with E-state index in [-0.39, 0.29) is 17.7 Å². The van der Waals surface area contributed by atoms with Gasteiger partial charge in [-0.25, -0.2) is 4.39 Å². The van der Waals surface area contributed by atoms with Crippen molar-refractivity contribution in [3.63, 3.8) is 0 Å². The second-order valence-electron chi connectivity index (χ2n) is 8.33. The average Bonchev–Trinajstić information content (AvgIpc) is 3.17. The average molecular weight is 491 g/mol. The molecule has 1 aromatic heterocycles. The summed E-state index contributed by atoms with van der Waals surface area (Å²) >= 11 is 0. The third-order valence-electron chi connectivity index (χ3n) is 6.19. The molecule has 0 aliphatic rings. The van der Waals surface area contributed by atoms with Crippen LogP contribution in [0.1, 0.15) is 21.5 Å². The Bertz CT molecular complexity index is 1620. The van der Waals surface area contributed by atoms with E-state index in [9.17, 15) is 22.4 Å². The number of methoxy groups -OCH3 is 1. The number of nitrogens with zero attached hydrogens (tertiary/aromatic N) is 1. The first kappa shape index (κ1) is 23.4. The first-order valence-corrected chi connectivity index (χ1v) is 10.9. The number of carbonyl (C=O) groups is 1. The summed E-state index contributed by atoms with van der Waals surface area (Å²) in [5.41, 5.74) is 7.37. The number of primary amides is 1. The van der Waals surface area contributed by atoms with Crippen LogP contribution in [0.3, 0.4) is 0 Å². The van der Waals surface area contributed by atoms with Crippen molar-refractivity contribution < 1.29 is 27.1 Å². The Morgan fingerprint density at radius 3 is 2.42 bits per heavy atom. The second-order valence-corrected chi connectivity index (χ2v) is 8.33. The second kappa shape index (κ2) is 8.71. The molecule has 0 spiro atoms. The van der Waals surface area contributed by atoms with E-state index in [1.165, 1.54) is 0 Å². The minimum absolute atomic E-state index is 0.109. The molecule has 2 N–H and O–H groups in total. The lowest BCUT2D eigenvalue weighted by molar-refractivity contribution is -0.138. The molecule has 5 aromatic rings. The van der Waals surface area contributed by atoms with Crippen LogP contribution in [0, 0.1) is 11.9 Å². The number of carbonyl (C=O) groups excluding carboxylic acids is 1. The van der Waals surface area contributed by atoms with Crippen LogP contribution in [0.5, 0.6) is 5.75 Å². The van der Waals surface area contributed by atoms with Gasteiger partial charge in [0.15, 0.2) is 0 Å². The third-order valence-corrected chi connectivity index (χ3v) is 6.19. The highest BCUT2D eigenvalue weighted by Crippen LogP contribution is 2.37. The fourth-order valence-corrected chi connectivity index (χ4v) is 4.50. The molecular weight excluding hydrogens is 472 g/mol. The van der Waals surface area contributed by atoms with Crippen molar-refractivity contribution in [2.45, 2.75) is 12.7 Å². The maximum atomic E-state index is 13.7. The monoisotopic (exact) mass is 491 g/mol. The van der Waals surface area contributed by atoms with E-state index in [2.05, 4.69) is 6.07 Å². The maximum Gasteiger partial charge on any atom is 0.416 e. The number of aromatic nitrogens is 1. The number of alkyl halides is 3. The van der Waals surface area contributed by atoms with Crippen LogP contribution in [-0.4, -0.2) is 17.6 Å². The maximum absolute atomic E-state index is 13.7. The highest BCUT2D eigenvalue weighted by Gasteiger charge is 2.34. The van der Waals surface area contributed by atoms with E-state index in [1.54, 1.807) is 48.1 Å². The summed E-state index contributed by atoms with van der Waals surface area (Å²) in [5.74, 6) is -0.954. The van der Waals surface area contributed by atoms with Crippen LogP contribution in [-0.2, 0) is 12.7 Å². The summed E-state index contributed by atoms with van der Waals surface area (Å²) in [7, 11) is 1.56. The molecule has 8 heteroatoms. The summed E-state index contributed by atoms with van der Waals surface area (Å²) in [6, 6.07) is 21.6. The van der Waals surface area contributed by atoms with E-state index in [1.807, 2.05) is 18.2 Å². The van der Waals surface area contributed by atoms with Gasteiger partial charge in [-0.2, -0.15) is 13.2 Å². The topological polar surface area (TPSA) is 57.2 Å². The van der Waals surface area contributed by atoms with Crippen molar-refractivity contribution in [3.8, 4) is 16.9 Å². The van der Waals surface area contributed by atoms with Gasteiger partial charge in [0, 0.05) is 22.9 Å². The molecule has 1 radical (unpaired) electrons. The number of amides is 1. The zero-order chi connectivity index (χ0) is 25.6.